The summed E-state index contributed by atoms with van der Waals surface area (Å²) in [4.78, 5) is 64.7. The van der Waals surface area contributed by atoms with Crippen molar-refractivity contribution in [2.75, 3.05) is 6.54 Å². The number of nitrogens with two attached hydrogens (primary N) is 1. The summed E-state index contributed by atoms with van der Waals surface area (Å²) in [7, 11) is 0. The minimum atomic E-state index is -1.66. The molecule has 13 nitrogen and oxygen atoms in total. The molecule has 0 saturated carbocycles. The number of carboxylic acids is 1. The van der Waals surface area contributed by atoms with Gasteiger partial charge in [0.2, 0.25) is 23.6 Å². The SMILES string of the molecule is CC(O)C(NC(=O)C(Cc1ccc(O)cc1)NC(=O)C(Cc1ccccc1)NC(=O)C(Cc1ccccc1)NC(=O)CN)C(=O)O. The van der Waals surface area contributed by atoms with E-state index in [4.69, 9.17) is 5.73 Å². The molecular weight excluding hydrogens is 594 g/mol. The Balaban J connectivity index is 1.91. The van der Waals surface area contributed by atoms with Gasteiger partial charge < -0.3 is 42.3 Å². The van der Waals surface area contributed by atoms with Gasteiger partial charge in [0.05, 0.1) is 12.6 Å². The van der Waals surface area contributed by atoms with Crippen LogP contribution in [0, 0.1) is 0 Å². The van der Waals surface area contributed by atoms with E-state index in [0.717, 1.165) is 5.56 Å². The molecule has 3 aromatic rings. The van der Waals surface area contributed by atoms with Crippen LogP contribution in [-0.4, -0.2) is 81.7 Å². The molecule has 0 aliphatic heterocycles. The third-order valence-corrected chi connectivity index (χ3v) is 7.09. The lowest BCUT2D eigenvalue weighted by molar-refractivity contribution is -0.145. The van der Waals surface area contributed by atoms with Crippen molar-refractivity contribution in [2.24, 2.45) is 5.73 Å². The zero-order valence-electron chi connectivity index (χ0n) is 25.3. The topological polar surface area (TPSA) is 220 Å². The zero-order chi connectivity index (χ0) is 33.6. The lowest BCUT2D eigenvalue weighted by Crippen LogP contribution is -2.60. The van der Waals surface area contributed by atoms with Crippen molar-refractivity contribution < 1.29 is 39.3 Å². The molecule has 5 atom stereocenters. The van der Waals surface area contributed by atoms with Gasteiger partial charge in [0.15, 0.2) is 6.04 Å². The first-order chi connectivity index (χ1) is 22.0. The molecule has 0 saturated heterocycles. The third-order valence-electron chi connectivity index (χ3n) is 7.09. The number of amides is 4. The van der Waals surface area contributed by atoms with Crippen molar-refractivity contribution >= 4 is 29.6 Å². The van der Waals surface area contributed by atoms with E-state index < -0.39 is 59.9 Å². The van der Waals surface area contributed by atoms with E-state index in [1.54, 1.807) is 54.6 Å². The first kappa shape index (κ1) is 35.2. The number of phenolic OH excluding ortho intramolecular Hbond substituents is 1. The number of aliphatic hydroxyl groups excluding tert-OH is 1. The van der Waals surface area contributed by atoms with Crippen LogP contribution in [0.15, 0.2) is 84.9 Å². The van der Waals surface area contributed by atoms with Crippen molar-refractivity contribution in [1.29, 1.82) is 0 Å². The van der Waals surface area contributed by atoms with Crippen LogP contribution in [0.1, 0.15) is 23.6 Å². The molecule has 13 heteroatoms. The summed E-state index contributed by atoms with van der Waals surface area (Å²) in [6, 6.07) is 18.3. The van der Waals surface area contributed by atoms with Gasteiger partial charge >= 0.3 is 5.97 Å². The molecule has 0 spiro atoms. The molecule has 0 fully saturated rings. The summed E-state index contributed by atoms with van der Waals surface area (Å²) in [6.45, 7) is 0.845. The van der Waals surface area contributed by atoms with Crippen LogP contribution in [0.2, 0.25) is 0 Å². The lowest BCUT2D eigenvalue weighted by atomic mass is 10.0. The second-order valence-corrected chi connectivity index (χ2v) is 10.8. The maximum atomic E-state index is 13.8. The van der Waals surface area contributed by atoms with Gasteiger partial charge in [-0.2, -0.15) is 0 Å². The summed E-state index contributed by atoms with van der Waals surface area (Å²) in [5.41, 5.74) is 7.44. The summed E-state index contributed by atoms with van der Waals surface area (Å²) < 4.78 is 0. The quantitative estimate of drug-likeness (QED) is 0.104. The van der Waals surface area contributed by atoms with Gasteiger partial charge in [0.1, 0.15) is 23.9 Å². The molecule has 0 radical (unpaired) electrons. The molecule has 0 bridgehead atoms. The lowest BCUT2D eigenvalue weighted by Gasteiger charge is -2.27. The summed E-state index contributed by atoms with van der Waals surface area (Å²) in [5, 5.41) is 39.2. The highest BCUT2D eigenvalue weighted by Crippen LogP contribution is 2.13. The second-order valence-electron chi connectivity index (χ2n) is 10.8. The molecule has 3 rings (SSSR count). The van der Waals surface area contributed by atoms with Crippen molar-refractivity contribution in [1.82, 2.24) is 21.3 Å². The van der Waals surface area contributed by atoms with Crippen molar-refractivity contribution in [3.05, 3.63) is 102 Å². The Kier molecular flexibility index (Phi) is 13.2. The number of phenols is 1. The number of carbonyl (C=O) groups excluding carboxylic acids is 4. The fraction of sp³-hybridized carbons (Fsp3) is 0.303. The average molecular weight is 634 g/mol. The number of rotatable bonds is 16. The number of aliphatic carboxylic acids is 1. The maximum absolute atomic E-state index is 13.8. The molecular formula is C33H39N5O8. The van der Waals surface area contributed by atoms with Crippen molar-refractivity contribution in [3.8, 4) is 5.75 Å². The first-order valence-corrected chi connectivity index (χ1v) is 14.6. The molecule has 244 valence electrons. The van der Waals surface area contributed by atoms with Crippen LogP contribution in [0.5, 0.6) is 5.75 Å². The Hall–Kier alpha value is -5.27. The fourth-order valence-electron chi connectivity index (χ4n) is 4.64. The Bertz CT molecular complexity index is 1470. The van der Waals surface area contributed by atoms with E-state index in [9.17, 15) is 39.3 Å². The van der Waals surface area contributed by atoms with Gasteiger partial charge in [-0.15, -0.1) is 0 Å². The van der Waals surface area contributed by atoms with Crippen LogP contribution in [0.4, 0.5) is 0 Å². The predicted molar refractivity (Wildman–Crippen MR) is 168 cm³/mol. The number of hydrogen-bond donors (Lipinski definition) is 8. The van der Waals surface area contributed by atoms with Crippen LogP contribution < -0.4 is 27.0 Å². The van der Waals surface area contributed by atoms with E-state index in [1.807, 2.05) is 6.07 Å². The number of benzene rings is 3. The number of nitrogens with one attached hydrogen (secondary N) is 4. The Morgan fingerprint density at radius 2 is 1.02 bits per heavy atom. The Morgan fingerprint density at radius 3 is 1.41 bits per heavy atom. The highest BCUT2D eigenvalue weighted by molar-refractivity contribution is 5.95. The van der Waals surface area contributed by atoms with E-state index in [0.29, 0.717) is 11.1 Å². The summed E-state index contributed by atoms with van der Waals surface area (Å²) >= 11 is 0. The fourth-order valence-corrected chi connectivity index (χ4v) is 4.64. The first-order valence-electron chi connectivity index (χ1n) is 14.6. The highest BCUT2D eigenvalue weighted by Gasteiger charge is 2.33. The van der Waals surface area contributed by atoms with Crippen LogP contribution in [0.25, 0.3) is 0 Å². The highest BCUT2D eigenvalue weighted by atomic mass is 16.4. The normalized spacial score (nSPS) is 14.1. The monoisotopic (exact) mass is 633 g/mol. The van der Waals surface area contributed by atoms with Gasteiger partial charge in [0, 0.05) is 19.3 Å². The van der Waals surface area contributed by atoms with Gasteiger partial charge in [-0.1, -0.05) is 72.8 Å². The molecule has 9 N–H and O–H groups in total. The average Bonchev–Trinajstić information content (AvgIpc) is 3.04. The van der Waals surface area contributed by atoms with Gasteiger partial charge in [0.25, 0.3) is 0 Å². The minimum absolute atomic E-state index is 0.0142. The standard InChI is InChI=1S/C33H39N5O8/c1-20(39)29(33(45)46)38-32(44)27(18-23-12-14-24(40)15-13-23)37-31(43)26(17-22-10-6-3-7-11-22)36-30(42)25(35-28(41)19-34)16-21-8-4-2-5-9-21/h2-15,20,25-27,29,39-40H,16-19,34H2,1H3,(H,35,41)(H,36,42)(H,37,43)(H,38,44)(H,45,46). The number of carbonyl (C=O) groups is 5. The molecule has 4 amide bonds. The van der Waals surface area contributed by atoms with E-state index >= 15 is 0 Å². The smallest absolute Gasteiger partial charge is 0.328 e. The van der Waals surface area contributed by atoms with Gasteiger partial charge in [-0.3, -0.25) is 19.2 Å². The number of carboxylic acid groups (broad SMARTS) is 1. The molecule has 0 aromatic heterocycles. The van der Waals surface area contributed by atoms with Crippen molar-refractivity contribution in [3.63, 3.8) is 0 Å². The molecule has 0 aliphatic carbocycles. The van der Waals surface area contributed by atoms with Crippen LogP contribution in [-0.2, 0) is 43.2 Å². The summed E-state index contributed by atoms with van der Waals surface area (Å²) in [5.74, 6) is -4.39. The van der Waals surface area contributed by atoms with E-state index in [2.05, 4.69) is 21.3 Å². The summed E-state index contributed by atoms with van der Waals surface area (Å²) in [6.07, 6.45) is -1.43. The molecule has 5 unspecified atom stereocenters. The molecule has 3 aromatic carbocycles. The molecule has 46 heavy (non-hydrogen) atoms. The van der Waals surface area contributed by atoms with Crippen molar-refractivity contribution in [2.45, 2.75) is 56.5 Å². The minimum Gasteiger partial charge on any atom is -0.508 e. The van der Waals surface area contributed by atoms with Gasteiger partial charge in [-0.25, -0.2) is 4.79 Å². The largest absolute Gasteiger partial charge is 0.508 e. The van der Waals surface area contributed by atoms with Crippen LogP contribution in [0.3, 0.4) is 0 Å². The number of hydrogen-bond acceptors (Lipinski definition) is 8. The molecule has 0 heterocycles. The predicted octanol–water partition coefficient (Wildman–Crippen LogP) is -0.217. The van der Waals surface area contributed by atoms with Gasteiger partial charge in [-0.05, 0) is 35.7 Å². The third kappa shape index (κ3) is 11.0. The Morgan fingerprint density at radius 1 is 0.630 bits per heavy atom. The molecule has 0 aliphatic rings. The zero-order valence-corrected chi connectivity index (χ0v) is 25.3. The van der Waals surface area contributed by atoms with E-state index in [1.165, 1.54) is 31.2 Å². The maximum Gasteiger partial charge on any atom is 0.328 e. The Labute approximate surface area is 266 Å². The number of aromatic hydroxyl groups is 1. The van der Waals surface area contributed by atoms with Crippen LogP contribution >= 0.6 is 0 Å². The van der Waals surface area contributed by atoms with E-state index in [-0.39, 0.29) is 31.6 Å². The second kappa shape index (κ2) is 17.3. The number of aliphatic hydroxyl groups is 1.